The third-order valence-corrected chi connectivity index (χ3v) is 7.66. The fraction of sp³-hybridized carbons (Fsp3) is 0.400. The SMILES string of the molecule is CCc1c(CCCN2CC(C(=O)O)C2)cccc1-c1cnc(-c2ccc(OC(C)C)c(C#N)c2)s1.O=C(O)C(F)(F)F. The highest BCUT2D eigenvalue weighted by Gasteiger charge is 2.38. The number of carbonyl (C=O) groups is 2. The van der Waals surface area contributed by atoms with E-state index >= 15 is 0 Å². The number of halogens is 3. The minimum absolute atomic E-state index is 0.00622. The molecule has 0 spiro atoms. The summed E-state index contributed by atoms with van der Waals surface area (Å²) in [6.07, 6.45) is -0.233. The second-order valence-electron chi connectivity index (χ2n) is 10.0. The summed E-state index contributed by atoms with van der Waals surface area (Å²) in [6.45, 7) is 8.33. The Hall–Kier alpha value is -3.95. The molecule has 0 amide bonds. The Morgan fingerprint density at radius 3 is 2.48 bits per heavy atom. The molecular weight excluding hydrogens is 571 g/mol. The average molecular weight is 604 g/mol. The van der Waals surface area contributed by atoms with Gasteiger partial charge in [0.25, 0.3) is 0 Å². The molecule has 42 heavy (non-hydrogen) atoms. The number of alkyl halides is 3. The molecule has 0 saturated carbocycles. The van der Waals surface area contributed by atoms with Crippen molar-refractivity contribution in [3.05, 3.63) is 59.3 Å². The van der Waals surface area contributed by atoms with E-state index in [2.05, 4.69) is 41.1 Å². The van der Waals surface area contributed by atoms with Gasteiger partial charge in [0.05, 0.1) is 22.5 Å². The van der Waals surface area contributed by atoms with Gasteiger partial charge in [-0.05, 0) is 74.5 Å². The van der Waals surface area contributed by atoms with Crippen molar-refractivity contribution < 1.29 is 37.7 Å². The molecule has 2 N–H and O–H groups in total. The van der Waals surface area contributed by atoms with Crippen molar-refractivity contribution in [1.82, 2.24) is 9.88 Å². The summed E-state index contributed by atoms with van der Waals surface area (Å²) in [7, 11) is 0. The molecule has 0 radical (unpaired) electrons. The van der Waals surface area contributed by atoms with Crippen molar-refractivity contribution >= 4 is 23.3 Å². The smallest absolute Gasteiger partial charge is 0.490 e. The van der Waals surface area contributed by atoms with Crippen LogP contribution in [-0.4, -0.2) is 64.0 Å². The molecule has 3 aromatic rings. The second kappa shape index (κ2) is 14.3. The van der Waals surface area contributed by atoms with Crippen molar-refractivity contribution in [3.8, 4) is 32.8 Å². The molecule has 0 unspecified atom stereocenters. The lowest BCUT2D eigenvalue weighted by molar-refractivity contribution is -0.192. The molecule has 2 aromatic carbocycles. The molecule has 0 bridgehead atoms. The average Bonchev–Trinajstić information content (AvgIpc) is 3.39. The summed E-state index contributed by atoms with van der Waals surface area (Å²) in [4.78, 5) is 27.9. The minimum Gasteiger partial charge on any atom is -0.490 e. The molecule has 0 aliphatic carbocycles. The number of benzene rings is 2. The van der Waals surface area contributed by atoms with Crippen LogP contribution in [0.5, 0.6) is 5.75 Å². The molecular formula is C30H32F3N3O5S. The number of hydrogen-bond acceptors (Lipinski definition) is 7. The lowest BCUT2D eigenvalue weighted by Crippen LogP contribution is -2.50. The van der Waals surface area contributed by atoms with Crippen LogP contribution >= 0.6 is 11.3 Å². The molecule has 0 atom stereocenters. The maximum atomic E-state index is 11.0. The Kier molecular flexibility index (Phi) is 11.1. The third-order valence-electron chi connectivity index (χ3n) is 6.58. The van der Waals surface area contributed by atoms with Gasteiger partial charge in [-0.15, -0.1) is 11.3 Å². The largest absolute Gasteiger partial charge is 0.490 e. The Balaban J connectivity index is 0.000000616. The van der Waals surface area contributed by atoms with Gasteiger partial charge in [-0.2, -0.15) is 18.4 Å². The second-order valence-corrected chi connectivity index (χ2v) is 11.0. The van der Waals surface area contributed by atoms with Gasteiger partial charge in [0.1, 0.15) is 16.8 Å². The van der Waals surface area contributed by atoms with Gasteiger partial charge in [0, 0.05) is 24.8 Å². The van der Waals surface area contributed by atoms with E-state index in [4.69, 9.17) is 19.7 Å². The van der Waals surface area contributed by atoms with Gasteiger partial charge < -0.3 is 19.8 Å². The maximum absolute atomic E-state index is 11.0. The fourth-order valence-electron chi connectivity index (χ4n) is 4.56. The van der Waals surface area contributed by atoms with Gasteiger partial charge in [0.15, 0.2) is 0 Å². The van der Waals surface area contributed by atoms with E-state index < -0.39 is 18.1 Å². The van der Waals surface area contributed by atoms with Crippen LogP contribution in [-0.2, 0) is 22.4 Å². The first-order valence-corrected chi connectivity index (χ1v) is 14.2. The predicted octanol–water partition coefficient (Wildman–Crippen LogP) is 6.28. The first-order chi connectivity index (χ1) is 19.8. The van der Waals surface area contributed by atoms with Crippen molar-refractivity contribution in [2.24, 2.45) is 5.92 Å². The van der Waals surface area contributed by atoms with Gasteiger partial charge in [-0.3, -0.25) is 4.79 Å². The number of nitriles is 1. The zero-order chi connectivity index (χ0) is 31.0. The predicted molar refractivity (Wildman–Crippen MR) is 152 cm³/mol. The molecule has 1 aliphatic rings. The number of carboxylic acids is 2. The van der Waals surface area contributed by atoms with E-state index in [9.17, 15) is 23.2 Å². The number of ether oxygens (including phenoxy) is 1. The van der Waals surface area contributed by atoms with Crippen LogP contribution in [0.3, 0.4) is 0 Å². The molecule has 12 heteroatoms. The topological polar surface area (TPSA) is 124 Å². The number of thiazole rings is 1. The van der Waals surface area contributed by atoms with E-state index in [1.165, 1.54) is 16.7 Å². The number of aromatic nitrogens is 1. The number of rotatable bonds is 10. The Bertz CT molecular complexity index is 1440. The van der Waals surface area contributed by atoms with E-state index in [-0.39, 0.29) is 12.0 Å². The standard InChI is InChI=1S/C28H31N3O3S.C2HF3O2/c1-4-23-19(8-6-12-31-16-22(17-31)28(32)33)7-5-9-24(23)26-15-30-27(35-26)20-10-11-25(34-18(2)3)21(13-20)14-29;3-2(4,5)1(6)7/h5,7,9-11,13,15,18,22H,4,6,8,12,16-17H2,1-3H3,(H,32,33);(H,6,7). The van der Waals surface area contributed by atoms with Crippen molar-refractivity contribution in [2.45, 2.75) is 52.3 Å². The fourth-order valence-corrected chi connectivity index (χ4v) is 5.52. The van der Waals surface area contributed by atoms with Crippen LogP contribution in [0.1, 0.15) is 43.9 Å². The number of nitrogens with zero attached hydrogens (tertiary/aromatic N) is 3. The van der Waals surface area contributed by atoms with Crippen LogP contribution in [0.25, 0.3) is 21.0 Å². The molecule has 4 rings (SSSR count). The molecule has 1 fully saturated rings. The Morgan fingerprint density at radius 1 is 1.21 bits per heavy atom. The zero-order valence-electron chi connectivity index (χ0n) is 23.4. The monoisotopic (exact) mass is 603 g/mol. The summed E-state index contributed by atoms with van der Waals surface area (Å²) in [5.41, 5.74) is 5.33. The minimum atomic E-state index is -5.08. The molecule has 8 nitrogen and oxygen atoms in total. The van der Waals surface area contributed by atoms with E-state index in [1.54, 1.807) is 11.3 Å². The van der Waals surface area contributed by atoms with Crippen molar-refractivity contribution in [2.75, 3.05) is 19.6 Å². The van der Waals surface area contributed by atoms with Crippen LogP contribution < -0.4 is 4.74 Å². The Morgan fingerprint density at radius 2 is 1.90 bits per heavy atom. The van der Waals surface area contributed by atoms with Crippen LogP contribution in [0.15, 0.2) is 42.6 Å². The summed E-state index contributed by atoms with van der Waals surface area (Å²) >= 11 is 1.64. The summed E-state index contributed by atoms with van der Waals surface area (Å²) in [6, 6.07) is 14.4. The quantitative estimate of drug-likeness (QED) is 0.278. The van der Waals surface area contributed by atoms with Gasteiger partial charge in [0.2, 0.25) is 0 Å². The number of aliphatic carboxylic acids is 2. The highest BCUT2D eigenvalue weighted by molar-refractivity contribution is 7.18. The number of likely N-dealkylation sites (tertiary alicyclic amines) is 1. The molecule has 224 valence electrons. The summed E-state index contributed by atoms with van der Waals surface area (Å²) in [5, 5.41) is 26.6. The lowest BCUT2D eigenvalue weighted by atomic mass is 9.94. The summed E-state index contributed by atoms with van der Waals surface area (Å²) < 4.78 is 37.5. The van der Waals surface area contributed by atoms with Crippen molar-refractivity contribution in [3.63, 3.8) is 0 Å². The number of aryl methyl sites for hydroxylation is 1. The van der Waals surface area contributed by atoms with Crippen LogP contribution in [0.4, 0.5) is 13.2 Å². The number of hydrogen-bond donors (Lipinski definition) is 2. The normalized spacial score (nSPS) is 13.6. The van der Waals surface area contributed by atoms with Gasteiger partial charge in [-0.1, -0.05) is 25.1 Å². The van der Waals surface area contributed by atoms with Crippen LogP contribution in [0.2, 0.25) is 0 Å². The summed E-state index contributed by atoms with van der Waals surface area (Å²) in [5.74, 6) is -3.05. The first kappa shape index (κ1) is 32.6. The highest BCUT2D eigenvalue weighted by Crippen LogP contribution is 2.37. The maximum Gasteiger partial charge on any atom is 0.490 e. The number of carboxylic acid groups (broad SMARTS) is 2. The molecule has 1 aromatic heterocycles. The molecule has 1 aliphatic heterocycles. The van der Waals surface area contributed by atoms with E-state index in [0.29, 0.717) is 24.4 Å². The van der Waals surface area contributed by atoms with Gasteiger partial charge >= 0.3 is 18.1 Å². The van der Waals surface area contributed by atoms with Crippen molar-refractivity contribution in [1.29, 1.82) is 5.26 Å². The molecule has 2 heterocycles. The van der Waals surface area contributed by atoms with Crippen LogP contribution in [0, 0.1) is 17.2 Å². The lowest BCUT2D eigenvalue weighted by Gasteiger charge is -2.36. The Labute approximate surface area is 246 Å². The van der Waals surface area contributed by atoms with Gasteiger partial charge in [-0.25, -0.2) is 9.78 Å². The zero-order valence-corrected chi connectivity index (χ0v) is 24.3. The molecule has 1 saturated heterocycles. The highest BCUT2D eigenvalue weighted by atomic mass is 32.1. The van der Waals surface area contributed by atoms with E-state index in [0.717, 1.165) is 41.3 Å². The first-order valence-electron chi connectivity index (χ1n) is 13.4. The van der Waals surface area contributed by atoms with E-state index in [1.807, 2.05) is 38.2 Å². The third kappa shape index (κ3) is 8.53.